The van der Waals surface area contributed by atoms with Gasteiger partial charge in [0.2, 0.25) is 5.91 Å². The molecule has 0 aromatic heterocycles. The largest absolute Gasteiger partial charge is 0.337 e. The zero-order valence-electron chi connectivity index (χ0n) is 13.0. The van der Waals surface area contributed by atoms with Gasteiger partial charge in [0.1, 0.15) is 0 Å². The van der Waals surface area contributed by atoms with Gasteiger partial charge in [-0.05, 0) is 58.4 Å². The molecule has 1 aliphatic rings. The number of likely N-dealkylation sites (tertiary alicyclic amines) is 1. The van der Waals surface area contributed by atoms with E-state index in [0.29, 0.717) is 30.3 Å². The minimum atomic E-state index is 0.359. The third kappa shape index (κ3) is 5.13. The molecule has 1 fully saturated rings. The lowest BCUT2D eigenvalue weighted by Gasteiger charge is -2.39. The highest BCUT2D eigenvalue weighted by molar-refractivity contribution is 5.77. The van der Waals surface area contributed by atoms with Crippen LogP contribution < -0.4 is 5.73 Å². The first-order valence-corrected chi connectivity index (χ1v) is 8.11. The van der Waals surface area contributed by atoms with E-state index in [2.05, 4.69) is 25.7 Å². The number of carbonyl (C=O) groups is 1. The SMILES string of the molecule is CCCC(CCN)CCC(=O)N1C(C)CCCC1C. The van der Waals surface area contributed by atoms with Gasteiger partial charge < -0.3 is 10.6 Å². The molecule has 3 atom stereocenters. The maximum Gasteiger partial charge on any atom is 0.223 e. The molecule has 2 N–H and O–H groups in total. The molecule has 112 valence electrons. The first-order chi connectivity index (χ1) is 9.10. The molecule has 19 heavy (non-hydrogen) atoms. The Morgan fingerprint density at radius 2 is 1.84 bits per heavy atom. The predicted octanol–water partition coefficient (Wildman–Crippen LogP) is 3.32. The van der Waals surface area contributed by atoms with Gasteiger partial charge in [0.25, 0.3) is 0 Å². The van der Waals surface area contributed by atoms with Crippen LogP contribution in [0.15, 0.2) is 0 Å². The Labute approximate surface area is 118 Å². The Kier molecular flexibility index (Phi) is 7.44. The van der Waals surface area contributed by atoms with Gasteiger partial charge in [-0.15, -0.1) is 0 Å². The van der Waals surface area contributed by atoms with Crippen molar-refractivity contribution in [2.24, 2.45) is 11.7 Å². The molecule has 1 rings (SSSR count). The number of rotatable bonds is 7. The highest BCUT2D eigenvalue weighted by Gasteiger charge is 2.28. The van der Waals surface area contributed by atoms with Crippen LogP contribution in [0.4, 0.5) is 0 Å². The second-order valence-corrected chi connectivity index (χ2v) is 6.20. The van der Waals surface area contributed by atoms with Gasteiger partial charge in [0, 0.05) is 18.5 Å². The smallest absolute Gasteiger partial charge is 0.223 e. The summed E-state index contributed by atoms with van der Waals surface area (Å²) < 4.78 is 0. The van der Waals surface area contributed by atoms with Gasteiger partial charge in [-0.25, -0.2) is 0 Å². The van der Waals surface area contributed by atoms with Crippen molar-refractivity contribution >= 4 is 5.91 Å². The van der Waals surface area contributed by atoms with E-state index in [0.717, 1.165) is 32.2 Å². The summed E-state index contributed by atoms with van der Waals surface area (Å²) >= 11 is 0. The maximum absolute atomic E-state index is 12.4. The maximum atomic E-state index is 12.4. The summed E-state index contributed by atoms with van der Waals surface area (Å²) in [6, 6.07) is 0.853. The van der Waals surface area contributed by atoms with Crippen molar-refractivity contribution in [3.63, 3.8) is 0 Å². The monoisotopic (exact) mass is 268 g/mol. The van der Waals surface area contributed by atoms with E-state index in [1.807, 2.05) is 0 Å². The lowest BCUT2D eigenvalue weighted by Crippen LogP contribution is -2.47. The van der Waals surface area contributed by atoms with Gasteiger partial charge in [-0.1, -0.05) is 19.8 Å². The second kappa shape index (κ2) is 8.57. The molecule has 1 aliphatic heterocycles. The van der Waals surface area contributed by atoms with Crippen LogP contribution in [0.25, 0.3) is 0 Å². The molecule has 1 amide bonds. The summed E-state index contributed by atoms with van der Waals surface area (Å²) in [6.45, 7) is 7.34. The molecule has 1 saturated heterocycles. The lowest BCUT2D eigenvalue weighted by molar-refractivity contribution is -0.137. The molecule has 3 nitrogen and oxygen atoms in total. The van der Waals surface area contributed by atoms with E-state index in [1.165, 1.54) is 19.3 Å². The van der Waals surface area contributed by atoms with Crippen LogP contribution in [0.5, 0.6) is 0 Å². The van der Waals surface area contributed by atoms with Crippen molar-refractivity contribution < 1.29 is 4.79 Å². The molecule has 3 unspecified atom stereocenters. The zero-order valence-corrected chi connectivity index (χ0v) is 13.0. The molecular weight excluding hydrogens is 236 g/mol. The van der Waals surface area contributed by atoms with Crippen LogP contribution in [0.2, 0.25) is 0 Å². The molecule has 0 aromatic carbocycles. The molecule has 0 aliphatic carbocycles. The molecule has 1 heterocycles. The van der Waals surface area contributed by atoms with Crippen LogP contribution in [-0.4, -0.2) is 29.4 Å². The third-order valence-electron chi connectivity index (χ3n) is 4.52. The van der Waals surface area contributed by atoms with Crippen molar-refractivity contribution in [1.82, 2.24) is 4.90 Å². The van der Waals surface area contributed by atoms with Crippen molar-refractivity contribution in [3.8, 4) is 0 Å². The fourth-order valence-corrected chi connectivity index (χ4v) is 3.45. The fraction of sp³-hybridized carbons (Fsp3) is 0.938. The minimum absolute atomic E-state index is 0.359. The average Bonchev–Trinajstić information content (AvgIpc) is 2.36. The average molecular weight is 268 g/mol. The Morgan fingerprint density at radius 1 is 1.21 bits per heavy atom. The first kappa shape index (κ1) is 16.5. The zero-order chi connectivity index (χ0) is 14.3. The number of nitrogens with two attached hydrogens (primary N) is 1. The van der Waals surface area contributed by atoms with E-state index in [-0.39, 0.29) is 0 Å². The number of hydrogen-bond donors (Lipinski definition) is 1. The Balaban J connectivity index is 2.44. The third-order valence-corrected chi connectivity index (χ3v) is 4.52. The van der Waals surface area contributed by atoms with Gasteiger partial charge in [0.05, 0.1) is 0 Å². The minimum Gasteiger partial charge on any atom is -0.337 e. The molecular formula is C16H32N2O. The van der Waals surface area contributed by atoms with Crippen LogP contribution in [0, 0.1) is 5.92 Å². The molecule has 3 heteroatoms. The van der Waals surface area contributed by atoms with E-state index in [9.17, 15) is 4.79 Å². The molecule has 0 radical (unpaired) electrons. The van der Waals surface area contributed by atoms with Crippen molar-refractivity contribution in [1.29, 1.82) is 0 Å². The van der Waals surface area contributed by atoms with Crippen molar-refractivity contribution in [3.05, 3.63) is 0 Å². The molecule has 0 bridgehead atoms. The lowest BCUT2D eigenvalue weighted by atomic mass is 9.92. The number of piperidine rings is 1. The van der Waals surface area contributed by atoms with E-state index >= 15 is 0 Å². The Hall–Kier alpha value is -0.570. The molecule has 0 saturated carbocycles. The Morgan fingerprint density at radius 3 is 2.37 bits per heavy atom. The predicted molar refractivity (Wildman–Crippen MR) is 80.9 cm³/mol. The summed E-state index contributed by atoms with van der Waals surface area (Å²) in [7, 11) is 0. The normalized spacial score (nSPS) is 25.4. The quantitative estimate of drug-likeness (QED) is 0.770. The summed E-state index contributed by atoms with van der Waals surface area (Å²) in [4.78, 5) is 14.6. The van der Waals surface area contributed by atoms with Gasteiger partial charge >= 0.3 is 0 Å². The summed E-state index contributed by atoms with van der Waals surface area (Å²) in [5, 5.41) is 0. The van der Waals surface area contributed by atoms with Crippen LogP contribution in [0.1, 0.15) is 72.1 Å². The first-order valence-electron chi connectivity index (χ1n) is 8.11. The van der Waals surface area contributed by atoms with Crippen LogP contribution in [-0.2, 0) is 4.79 Å². The topological polar surface area (TPSA) is 46.3 Å². The summed E-state index contributed by atoms with van der Waals surface area (Å²) in [6.07, 6.45) is 8.77. The van der Waals surface area contributed by atoms with Gasteiger partial charge in [-0.2, -0.15) is 0 Å². The second-order valence-electron chi connectivity index (χ2n) is 6.20. The van der Waals surface area contributed by atoms with Crippen LogP contribution in [0.3, 0.4) is 0 Å². The number of hydrogen-bond acceptors (Lipinski definition) is 2. The van der Waals surface area contributed by atoms with Gasteiger partial charge in [0.15, 0.2) is 0 Å². The standard InChI is InChI=1S/C16H32N2O/c1-4-6-15(11-12-17)9-10-16(19)18-13(2)7-5-8-14(18)3/h13-15H,4-12,17H2,1-3H3. The van der Waals surface area contributed by atoms with Crippen LogP contribution >= 0.6 is 0 Å². The van der Waals surface area contributed by atoms with Crippen molar-refractivity contribution in [2.75, 3.05) is 6.54 Å². The fourth-order valence-electron chi connectivity index (χ4n) is 3.45. The highest BCUT2D eigenvalue weighted by atomic mass is 16.2. The van der Waals surface area contributed by atoms with Gasteiger partial charge in [-0.3, -0.25) is 4.79 Å². The highest BCUT2D eigenvalue weighted by Crippen LogP contribution is 2.25. The molecule has 0 spiro atoms. The van der Waals surface area contributed by atoms with E-state index in [1.54, 1.807) is 0 Å². The van der Waals surface area contributed by atoms with E-state index in [4.69, 9.17) is 5.73 Å². The van der Waals surface area contributed by atoms with Crippen molar-refractivity contribution in [2.45, 2.75) is 84.2 Å². The number of amides is 1. The Bertz CT molecular complexity index is 251. The summed E-state index contributed by atoms with van der Waals surface area (Å²) in [5.74, 6) is 0.993. The summed E-state index contributed by atoms with van der Waals surface area (Å²) in [5.41, 5.74) is 5.66. The number of nitrogens with zero attached hydrogens (tertiary/aromatic N) is 1. The molecule has 0 aromatic rings. The number of carbonyl (C=O) groups excluding carboxylic acids is 1. The van der Waals surface area contributed by atoms with E-state index < -0.39 is 0 Å².